The first kappa shape index (κ1) is 18.1. The molecule has 24 heavy (non-hydrogen) atoms. The smallest absolute Gasteiger partial charge is 0.237 e. The second kappa shape index (κ2) is 8.57. The van der Waals surface area contributed by atoms with Gasteiger partial charge >= 0.3 is 0 Å². The molecule has 0 spiro atoms. The maximum Gasteiger partial charge on any atom is 0.237 e. The Labute approximate surface area is 142 Å². The third-order valence-corrected chi connectivity index (χ3v) is 3.70. The third-order valence-electron chi connectivity index (χ3n) is 3.70. The minimum Gasteiger partial charge on any atom is -0.351 e. The number of halogens is 1. The van der Waals surface area contributed by atoms with Crippen molar-refractivity contribution in [3.8, 4) is 0 Å². The van der Waals surface area contributed by atoms with Gasteiger partial charge in [0.05, 0.1) is 6.04 Å². The minimum absolute atomic E-state index is 0.211. The number of carbonyl (C=O) groups excluding carboxylic acids is 1. The number of rotatable bonds is 7. The Morgan fingerprint density at radius 2 is 1.88 bits per heavy atom. The van der Waals surface area contributed by atoms with E-state index >= 15 is 0 Å². The van der Waals surface area contributed by atoms with Crippen LogP contribution in [0.4, 0.5) is 4.39 Å². The van der Waals surface area contributed by atoms with Crippen molar-refractivity contribution >= 4 is 5.91 Å². The van der Waals surface area contributed by atoms with Gasteiger partial charge in [-0.05, 0) is 43.8 Å². The standard InChI is InChI=1S/C19H24FN3O/c1-23(2)13-16-10-15(8-9-17(16)20)12-22-19(24)18(21)11-14-6-4-3-5-7-14/h3-10,18H,11-13,21H2,1-2H3,(H,22,24). The molecule has 1 unspecified atom stereocenters. The van der Waals surface area contributed by atoms with Crippen LogP contribution in [0, 0.1) is 5.82 Å². The molecule has 0 radical (unpaired) electrons. The molecule has 0 saturated heterocycles. The lowest BCUT2D eigenvalue weighted by molar-refractivity contribution is -0.122. The summed E-state index contributed by atoms with van der Waals surface area (Å²) in [7, 11) is 3.77. The molecule has 2 aromatic carbocycles. The highest BCUT2D eigenvalue weighted by Crippen LogP contribution is 2.12. The van der Waals surface area contributed by atoms with Crippen LogP contribution in [0.5, 0.6) is 0 Å². The van der Waals surface area contributed by atoms with E-state index in [1.54, 1.807) is 12.1 Å². The average molecular weight is 329 g/mol. The molecule has 4 nitrogen and oxygen atoms in total. The van der Waals surface area contributed by atoms with Gasteiger partial charge in [-0.3, -0.25) is 4.79 Å². The Kier molecular flexibility index (Phi) is 6.46. The van der Waals surface area contributed by atoms with E-state index in [0.717, 1.165) is 11.1 Å². The average Bonchev–Trinajstić information content (AvgIpc) is 2.55. The predicted molar refractivity (Wildman–Crippen MR) is 93.8 cm³/mol. The second-order valence-electron chi connectivity index (χ2n) is 6.18. The van der Waals surface area contributed by atoms with Crippen LogP contribution in [0.3, 0.4) is 0 Å². The molecule has 1 amide bonds. The summed E-state index contributed by atoms with van der Waals surface area (Å²) in [5.74, 6) is -0.447. The van der Waals surface area contributed by atoms with E-state index in [9.17, 15) is 9.18 Å². The fraction of sp³-hybridized carbons (Fsp3) is 0.316. The lowest BCUT2D eigenvalue weighted by Gasteiger charge is -2.14. The highest BCUT2D eigenvalue weighted by Gasteiger charge is 2.14. The minimum atomic E-state index is -0.603. The van der Waals surface area contributed by atoms with Crippen molar-refractivity contribution in [2.24, 2.45) is 5.73 Å². The van der Waals surface area contributed by atoms with Crippen molar-refractivity contribution < 1.29 is 9.18 Å². The molecule has 0 aromatic heterocycles. The third kappa shape index (κ3) is 5.44. The van der Waals surface area contributed by atoms with Gasteiger partial charge in [-0.1, -0.05) is 36.4 Å². The van der Waals surface area contributed by atoms with Gasteiger partial charge < -0.3 is 16.0 Å². The van der Waals surface area contributed by atoms with Gasteiger partial charge in [0.2, 0.25) is 5.91 Å². The molecule has 0 heterocycles. The van der Waals surface area contributed by atoms with Crippen LogP contribution in [0.15, 0.2) is 48.5 Å². The first-order chi connectivity index (χ1) is 11.5. The van der Waals surface area contributed by atoms with Crippen molar-refractivity contribution in [3.05, 3.63) is 71.0 Å². The molecule has 0 saturated carbocycles. The Hall–Kier alpha value is -2.24. The summed E-state index contributed by atoms with van der Waals surface area (Å²) in [6.07, 6.45) is 0.488. The van der Waals surface area contributed by atoms with Gasteiger partial charge in [-0.15, -0.1) is 0 Å². The first-order valence-electron chi connectivity index (χ1n) is 7.95. The van der Waals surface area contributed by atoms with E-state index in [2.05, 4.69) is 5.32 Å². The molecule has 0 fully saturated rings. The van der Waals surface area contributed by atoms with Gasteiger partial charge in [0.25, 0.3) is 0 Å². The van der Waals surface area contributed by atoms with Gasteiger partial charge in [-0.2, -0.15) is 0 Å². The van der Waals surface area contributed by atoms with E-state index in [4.69, 9.17) is 5.73 Å². The molecule has 2 rings (SSSR count). The lowest BCUT2D eigenvalue weighted by atomic mass is 10.1. The summed E-state index contributed by atoms with van der Waals surface area (Å²) in [4.78, 5) is 14.0. The molecule has 3 N–H and O–H groups in total. The van der Waals surface area contributed by atoms with Gasteiger partial charge in [0, 0.05) is 18.7 Å². The summed E-state index contributed by atoms with van der Waals surface area (Å²) in [6, 6.07) is 13.9. The Morgan fingerprint density at radius 3 is 2.54 bits per heavy atom. The molecule has 0 aliphatic rings. The lowest BCUT2D eigenvalue weighted by Crippen LogP contribution is -2.41. The van der Waals surface area contributed by atoms with Crippen LogP contribution in [0.2, 0.25) is 0 Å². The number of hydrogen-bond acceptors (Lipinski definition) is 3. The van der Waals surface area contributed by atoms with Crippen molar-refractivity contribution in [2.75, 3.05) is 14.1 Å². The summed E-state index contributed by atoms with van der Waals surface area (Å²) >= 11 is 0. The number of nitrogens with zero attached hydrogens (tertiary/aromatic N) is 1. The van der Waals surface area contributed by atoms with E-state index in [1.165, 1.54) is 6.07 Å². The summed E-state index contributed by atoms with van der Waals surface area (Å²) in [5.41, 5.74) is 8.44. The highest BCUT2D eigenvalue weighted by molar-refractivity contribution is 5.81. The molecular weight excluding hydrogens is 305 g/mol. The van der Waals surface area contributed by atoms with Crippen LogP contribution in [0.1, 0.15) is 16.7 Å². The fourth-order valence-corrected chi connectivity index (χ4v) is 2.48. The van der Waals surface area contributed by atoms with E-state index < -0.39 is 6.04 Å². The Balaban J connectivity index is 1.91. The molecule has 1 atom stereocenters. The quantitative estimate of drug-likeness (QED) is 0.818. The van der Waals surface area contributed by atoms with Crippen LogP contribution in [-0.4, -0.2) is 30.9 Å². The fourth-order valence-electron chi connectivity index (χ4n) is 2.48. The van der Waals surface area contributed by atoms with Gasteiger partial charge in [0.1, 0.15) is 5.82 Å². The van der Waals surface area contributed by atoms with Crippen molar-refractivity contribution in [1.82, 2.24) is 10.2 Å². The van der Waals surface area contributed by atoms with Crippen LogP contribution in [-0.2, 0) is 24.3 Å². The van der Waals surface area contributed by atoms with E-state index in [-0.39, 0.29) is 11.7 Å². The number of hydrogen-bond donors (Lipinski definition) is 2. The Bertz CT molecular complexity index is 674. The van der Waals surface area contributed by atoms with Crippen LogP contribution >= 0.6 is 0 Å². The number of amides is 1. The SMILES string of the molecule is CN(C)Cc1cc(CNC(=O)C(N)Cc2ccccc2)ccc1F. The summed E-state index contributed by atoms with van der Waals surface area (Å²) < 4.78 is 13.8. The zero-order chi connectivity index (χ0) is 17.5. The normalized spacial score (nSPS) is 12.2. The molecule has 0 aliphatic heterocycles. The van der Waals surface area contributed by atoms with Gasteiger partial charge in [-0.25, -0.2) is 4.39 Å². The maximum absolute atomic E-state index is 13.8. The number of nitrogens with two attached hydrogens (primary N) is 1. The van der Waals surface area contributed by atoms with Crippen LogP contribution in [0.25, 0.3) is 0 Å². The number of nitrogens with one attached hydrogen (secondary N) is 1. The first-order valence-corrected chi connectivity index (χ1v) is 7.95. The second-order valence-corrected chi connectivity index (χ2v) is 6.18. The molecule has 0 bridgehead atoms. The summed E-state index contributed by atoms with van der Waals surface area (Å²) in [6.45, 7) is 0.850. The van der Waals surface area contributed by atoms with Crippen LogP contribution < -0.4 is 11.1 Å². The Morgan fingerprint density at radius 1 is 1.17 bits per heavy atom. The topological polar surface area (TPSA) is 58.4 Å². The van der Waals surface area contributed by atoms with Gasteiger partial charge in [0.15, 0.2) is 0 Å². The number of carbonyl (C=O) groups is 1. The molecule has 128 valence electrons. The monoisotopic (exact) mass is 329 g/mol. The highest BCUT2D eigenvalue weighted by atomic mass is 19.1. The zero-order valence-electron chi connectivity index (χ0n) is 14.1. The largest absolute Gasteiger partial charge is 0.351 e. The number of benzene rings is 2. The zero-order valence-corrected chi connectivity index (χ0v) is 14.1. The predicted octanol–water partition coefficient (Wildman–Crippen LogP) is 2.07. The molecule has 2 aromatic rings. The van der Waals surface area contributed by atoms with Crippen molar-refractivity contribution in [1.29, 1.82) is 0 Å². The molecular formula is C19H24FN3O. The van der Waals surface area contributed by atoms with E-state index in [1.807, 2.05) is 49.3 Å². The van der Waals surface area contributed by atoms with E-state index in [0.29, 0.717) is 25.1 Å². The van der Waals surface area contributed by atoms with Crippen molar-refractivity contribution in [3.63, 3.8) is 0 Å². The molecule has 5 heteroatoms. The van der Waals surface area contributed by atoms with Crippen molar-refractivity contribution in [2.45, 2.75) is 25.6 Å². The summed E-state index contributed by atoms with van der Waals surface area (Å²) in [5, 5.41) is 2.82. The maximum atomic E-state index is 13.8. The molecule has 0 aliphatic carbocycles.